The molecule has 2 aromatic rings. The average Bonchev–Trinajstić information content (AvgIpc) is 3.10. The van der Waals surface area contributed by atoms with Crippen molar-refractivity contribution in [1.29, 1.82) is 0 Å². The summed E-state index contributed by atoms with van der Waals surface area (Å²) in [6.45, 7) is 3.56. The van der Waals surface area contributed by atoms with Crippen molar-refractivity contribution in [3.63, 3.8) is 0 Å². The first-order valence-electron chi connectivity index (χ1n) is 8.76. The summed E-state index contributed by atoms with van der Waals surface area (Å²) in [7, 11) is 0. The van der Waals surface area contributed by atoms with E-state index in [2.05, 4.69) is 10.7 Å². The molecule has 3 rings (SSSR count). The number of carbonyl (C=O) groups is 2. The molecule has 0 saturated carbocycles. The van der Waals surface area contributed by atoms with Crippen LogP contribution in [0, 0.1) is 0 Å². The first-order valence-corrected chi connectivity index (χ1v) is 10.0. The first kappa shape index (κ1) is 18.9. The second-order valence-electron chi connectivity index (χ2n) is 6.51. The van der Waals surface area contributed by atoms with Gasteiger partial charge in [-0.05, 0) is 31.0 Å². The van der Waals surface area contributed by atoms with Gasteiger partial charge in [0.2, 0.25) is 5.91 Å². The molecule has 0 bridgehead atoms. The number of aromatic nitrogens is 1. The zero-order valence-corrected chi connectivity index (χ0v) is 16.3. The predicted molar refractivity (Wildman–Crippen MR) is 104 cm³/mol. The van der Waals surface area contributed by atoms with Gasteiger partial charge in [0.05, 0.1) is 10.7 Å². The molecule has 1 aromatic heterocycles. The number of likely N-dealkylation sites (tertiary alicyclic amines) is 1. The van der Waals surface area contributed by atoms with Crippen LogP contribution in [0.3, 0.4) is 0 Å². The number of nitrogens with zero attached hydrogens (tertiary/aromatic N) is 2. The van der Waals surface area contributed by atoms with Gasteiger partial charge in [-0.2, -0.15) is 0 Å². The molecule has 1 aromatic carbocycles. The molecule has 2 amide bonds. The van der Waals surface area contributed by atoms with Crippen molar-refractivity contribution in [3.05, 3.63) is 50.9 Å². The van der Waals surface area contributed by atoms with Crippen LogP contribution in [0.2, 0.25) is 5.02 Å². The number of rotatable bonds is 5. The molecule has 5 nitrogen and oxygen atoms in total. The lowest BCUT2D eigenvalue weighted by atomic mass is 9.98. The third-order valence-electron chi connectivity index (χ3n) is 4.45. The number of benzene rings is 1. The van der Waals surface area contributed by atoms with E-state index in [0.29, 0.717) is 23.7 Å². The standard InChI is InChI=1S/C19H22ClN3O2S/c1-13(24)21-8-7-17-12-26-18(22-17)15-5-3-9-23(11-15)19(25)14-4-2-6-16(20)10-14/h2,4,6,10,12,15H,3,5,7-9,11H2,1H3,(H,21,24). The third-order valence-corrected chi connectivity index (χ3v) is 5.75. The normalized spacial score (nSPS) is 17.2. The Labute approximate surface area is 162 Å². The van der Waals surface area contributed by atoms with Crippen molar-refractivity contribution < 1.29 is 9.59 Å². The first-order chi connectivity index (χ1) is 12.5. The summed E-state index contributed by atoms with van der Waals surface area (Å²) in [5.74, 6) is 0.272. The van der Waals surface area contributed by atoms with E-state index in [1.807, 2.05) is 4.90 Å². The van der Waals surface area contributed by atoms with E-state index < -0.39 is 0 Å². The molecule has 1 aliphatic heterocycles. The maximum absolute atomic E-state index is 12.7. The number of piperidine rings is 1. The van der Waals surface area contributed by atoms with Crippen LogP contribution in [0.5, 0.6) is 0 Å². The van der Waals surface area contributed by atoms with Crippen LogP contribution in [0.4, 0.5) is 0 Å². The molecule has 1 aliphatic rings. The molecule has 1 saturated heterocycles. The van der Waals surface area contributed by atoms with E-state index in [0.717, 1.165) is 36.5 Å². The van der Waals surface area contributed by atoms with Gasteiger partial charge in [-0.15, -0.1) is 11.3 Å². The predicted octanol–water partition coefficient (Wildman–Crippen LogP) is 3.49. The van der Waals surface area contributed by atoms with Crippen molar-refractivity contribution in [2.45, 2.75) is 32.1 Å². The van der Waals surface area contributed by atoms with Crippen molar-refractivity contribution in [2.75, 3.05) is 19.6 Å². The van der Waals surface area contributed by atoms with Gasteiger partial charge in [0.25, 0.3) is 5.91 Å². The molecule has 7 heteroatoms. The maximum atomic E-state index is 12.7. The minimum atomic E-state index is -0.0251. The van der Waals surface area contributed by atoms with Crippen LogP contribution in [-0.2, 0) is 11.2 Å². The average molecular weight is 392 g/mol. The van der Waals surface area contributed by atoms with Crippen LogP contribution in [-0.4, -0.2) is 41.3 Å². The second kappa shape index (κ2) is 8.64. The molecule has 138 valence electrons. The van der Waals surface area contributed by atoms with Crippen LogP contribution in [0.15, 0.2) is 29.6 Å². The van der Waals surface area contributed by atoms with Crippen molar-refractivity contribution in [3.8, 4) is 0 Å². The number of carbonyl (C=O) groups excluding carboxylic acids is 2. The molecule has 26 heavy (non-hydrogen) atoms. The van der Waals surface area contributed by atoms with Crippen molar-refractivity contribution in [1.82, 2.24) is 15.2 Å². The topological polar surface area (TPSA) is 62.3 Å². The van der Waals surface area contributed by atoms with Crippen molar-refractivity contribution in [2.24, 2.45) is 0 Å². The minimum Gasteiger partial charge on any atom is -0.356 e. The van der Waals surface area contributed by atoms with Crippen molar-refractivity contribution >= 4 is 34.8 Å². The SMILES string of the molecule is CC(=O)NCCc1csc(C2CCCN(C(=O)c3cccc(Cl)c3)C2)n1. The van der Waals surface area contributed by atoms with E-state index >= 15 is 0 Å². The highest BCUT2D eigenvalue weighted by Gasteiger charge is 2.27. The molecular formula is C19H22ClN3O2S. The summed E-state index contributed by atoms with van der Waals surface area (Å²) in [5, 5.41) is 6.49. The Hall–Kier alpha value is -1.92. The highest BCUT2D eigenvalue weighted by molar-refractivity contribution is 7.09. The summed E-state index contributed by atoms with van der Waals surface area (Å²) in [4.78, 5) is 30.3. The molecule has 1 atom stereocenters. The Morgan fingerprint density at radius 1 is 1.42 bits per heavy atom. The molecule has 1 fully saturated rings. The van der Waals surface area contributed by atoms with Gasteiger partial charge in [0.1, 0.15) is 0 Å². The van der Waals surface area contributed by atoms with E-state index in [4.69, 9.17) is 16.6 Å². The highest BCUT2D eigenvalue weighted by atomic mass is 35.5. The third kappa shape index (κ3) is 4.83. The lowest BCUT2D eigenvalue weighted by Gasteiger charge is -2.32. The molecule has 0 spiro atoms. The molecule has 1 unspecified atom stereocenters. The number of thiazole rings is 1. The van der Waals surface area contributed by atoms with Gasteiger partial charge in [-0.1, -0.05) is 17.7 Å². The zero-order chi connectivity index (χ0) is 18.5. The Balaban J connectivity index is 1.62. The van der Waals surface area contributed by atoms with Gasteiger partial charge in [-0.3, -0.25) is 9.59 Å². The number of amides is 2. The summed E-state index contributed by atoms with van der Waals surface area (Å²) < 4.78 is 0. The zero-order valence-electron chi connectivity index (χ0n) is 14.7. The largest absolute Gasteiger partial charge is 0.356 e. The fraction of sp³-hybridized carbons (Fsp3) is 0.421. The quantitative estimate of drug-likeness (QED) is 0.848. The minimum absolute atomic E-state index is 0.0251. The number of hydrogen-bond acceptors (Lipinski definition) is 4. The fourth-order valence-corrected chi connectivity index (χ4v) is 4.33. The van der Waals surface area contributed by atoms with E-state index in [9.17, 15) is 9.59 Å². The van der Waals surface area contributed by atoms with E-state index in [1.54, 1.807) is 35.6 Å². The van der Waals surface area contributed by atoms with Crippen LogP contribution in [0.1, 0.15) is 46.7 Å². The summed E-state index contributed by atoms with van der Waals surface area (Å²) in [6.07, 6.45) is 2.74. The van der Waals surface area contributed by atoms with Crippen LogP contribution in [0.25, 0.3) is 0 Å². The summed E-state index contributed by atoms with van der Waals surface area (Å²) in [6, 6.07) is 7.10. The van der Waals surface area contributed by atoms with Gasteiger partial charge in [0.15, 0.2) is 0 Å². The lowest BCUT2D eigenvalue weighted by molar-refractivity contribution is -0.118. The van der Waals surface area contributed by atoms with Gasteiger partial charge in [0, 0.05) is 54.9 Å². The summed E-state index contributed by atoms with van der Waals surface area (Å²) >= 11 is 7.66. The van der Waals surface area contributed by atoms with Crippen LogP contribution >= 0.6 is 22.9 Å². The number of halogens is 1. The van der Waals surface area contributed by atoms with E-state index in [-0.39, 0.29) is 17.7 Å². The van der Waals surface area contributed by atoms with Gasteiger partial charge >= 0.3 is 0 Å². The Morgan fingerprint density at radius 3 is 3.04 bits per heavy atom. The van der Waals surface area contributed by atoms with Gasteiger partial charge in [-0.25, -0.2) is 4.98 Å². The fourth-order valence-electron chi connectivity index (χ4n) is 3.16. The Kier molecular flexibility index (Phi) is 6.27. The van der Waals surface area contributed by atoms with Gasteiger partial charge < -0.3 is 10.2 Å². The smallest absolute Gasteiger partial charge is 0.253 e. The Bertz CT molecular complexity index is 793. The molecule has 2 heterocycles. The second-order valence-corrected chi connectivity index (χ2v) is 7.84. The monoisotopic (exact) mass is 391 g/mol. The lowest BCUT2D eigenvalue weighted by Crippen LogP contribution is -2.39. The summed E-state index contributed by atoms with van der Waals surface area (Å²) in [5.41, 5.74) is 1.63. The molecule has 0 radical (unpaired) electrons. The molecule has 1 N–H and O–H groups in total. The number of hydrogen-bond donors (Lipinski definition) is 1. The highest BCUT2D eigenvalue weighted by Crippen LogP contribution is 2.30. The number of nitrogens with one attached hydrogen (secondary N) is 1. The van der Waals surface area contributed by atoms with Crippen LogP contribution < -0.4 is 5.32 Å². The Morgan fingerprint density at radius 2 is 2.27 bits per heavy atom. The maximum Gasteiger partial charge on any atom is 0.253 e. The molecule has 0 aliphatic carbocycles. The molecular weight excluding hydrogens is 370 g/mol. The van der Waals surface area contributed by atoms with E-state index in [1.165, 1.54) is 6.92 Å².